The number of nitrogens with one attached hydrogen (secondary N) is 3. The maximum Gasteiger partial charge on any atom is 0.200 e. The van der Waals surface area contributed by atoms with E-state index in [2.05, 4.69) is 27.1 Å². The van der Waals surface area contributed by atoms with Crippen molar-refractivity contribution in [1.82, 2.24) is 14.8 Å². The first kappa shape index (κ1) is 22.3. The third-order valence-electron chi connectivity index (χ3n) is 5.02. The Morgan fingerprint density at radius 3 is 2.78 bits per heavy atom. The van der Waals surface area contributed by atoms with Crippen molar-refractivity contribution in [2.24, 2.45) is 4.99 Å². The quantitative estimate of drug-likeness (QED) is 0.130. The van der Waals surface area contributed by atoms with Crippen LogP contribution in [0, 0.1) is 9.54 Å². The van der Waals surface area contributed by atoms with Crippen LogP contribution in [0.25, 0.3) is 5.69 Å². The number of fused-ring (bicyclic) bond motifs is 1. The number of aryl methyl sites for hydroxylation is 1. The van der Waals surface area contributed by atoms with Crippen LogP contribution in [0.5, 0.6) is 5.75 Å². The maximum atomic E-state index is 12.8. The molecule has 10 heteroatoms. The van der Waals surface area contributed by atoms with Gasteiger partial charge in [-0.15, -0.1) is 11.8 Å². The zero-order valence-electron chi connectivity index (χ0n) is 17.3. The molecule has 2 aromatic carbocycles. The third kappa shape index (κ3) is 4.62. The summed E-state index contributed by atoms with van der Waals surface area (Å²) in [5.41, 5.74) is 3.96. The molecule has 0 amide bonds. The van der Waals surface area contributed by atoms with E-state index in [9.17, 15) is 4.79 Å². The molecule has 2 heterocycles. The predicted molar refractivity (Wildman–Crippen MR) is 135 cm³/mol. The molecule has 0 unspecified atom stereocenters. The molecule has 0 saturated carbocycles. The summed E-state index contributed by atoms with van der Waals surface area (Å²) < 4.78 is 8.35. The number of allylic oxidation sites excluding steroid dienone is 1. The Morgan fingerprint density at radius 2 is 2.03 bits per heavy atom. The number of aromatic amines is 2. The summed E-state index contributed by atoms with van der Waals surface area (Å²) in [4.78, 5) is 17.8. The number of Topliss-reactive ketones (excluding diaryl/α,β-unsaturated/α-hetero) is 1. The Hall–Kier alpha value is -2.95. The van der Waals surface area contributed by atoms with E-state index in [1.165, 1.54) is 18.2 Å². The Labute approximate surface area is 199 Å². The minimum Gasteiger partial charge on any atom is -0.446 e. The Balaban J connectivity index is 1.60. The number of aromatic nitrogens is 3. The molecule has 1 aromatic heterocycles. The monoisotopic (exact) mass is 483 g/mol. The van der Waals surface area contributed by atoms with Crippen molar-refractivity contribution in [3.05, 3.63) is 68.6 Å². The average Bonchev–Trinajstić information content (AvgIpc) is 3.15. The summed E-state index contributed by atoms with van der Waals surface area (Å²) in [7, 11) is 0. The number of H-pyrrole nitrogens is 2. The number of anilines is 1. The summed E-state index contributed by atoms with van der Waals surface area (Å²) in [6.45, 7) is 4.72. The molecule has 0 aliphatic carbocycles. The first-order chi connectivity index (χ1) is 15.5. The van der Waals surface area contributed by atoms with Crippen LogP contribution in [0.3, 0.4) is 0 Å². The lowest BCUT2D eigenvalue weighted by Crippen LogP contribution is -2.16. The summed E-state index contributed by atoms with van der Waals surface area (Å²) in [6, 6.07) is 11.1. The minimum absolute atomic E-state index is 0.0893. The van der Waals surface area contributed by atoms with Crippen molar-refractivity contribution >= 4 is 59.8 Å². The van der Waals surface area contributed by atoms with Gasteiger partial charge in [0.15, 0.2) is 15.9 Å². The van der Waals surface area contributed by atoms with Crippen LogP contribution in [-0.2, 0) is 6.42 Å². The van der Waals surface area contributed by atoms with Gasteiger partial charge in [0.25, 0.3) is 0 Å². The Morgan fingerprint density at radius 1 is 1.25 bits per heavy atom. The number of benzene rings is 2. The number of hydrogen-bond donors (Lipinski definition) is 3. The normalized spacial score (nSPS) is 12.9. The zero-order chi connectivity index (χ0) is 22.7. The van der Waals surface area contributed by atoms with Gasteiger partial charge in [-0.3, -0.25) is 19.6 Å². The van der Waals surface area contributed by atoms with Crippen LogP contribution in [-0.4, -0.2) is 39.7 Å². The molecule has 164 valence electrons. The highest BCUT2D eigenvalue weighted by atomic mass is 32.2. The number of carbonyl (C=O) groups is 1. The van der Waals surface area contributed by atoms with E-state index in [0.717, 1.165) is 36.3 Å². The maximum absolute atomic E-state index is 12.8. The van der Waals surface area contributed by atoms with Crippen LogP contribution < -0.4 is 10.1 Å². The molecular weight excluding hydrogens is 462 g/mol. The van der Waals surface area contributed by atoms with Gasteiger partial charge in [-0.05, 0) is 73.4 Å². The van der Waals surface area contributed by atoms with Gasteiger partial charge in [0, 0.05) is 28.8 Å². The second-order valence-electron chi connectivity index (χ2n) is 7.06. The van der Waals surface area contributed by atoms with E-state index in [0.29, 0.717) is 31.4 Å². The van der Waals surface area contributed by atoms with Crippen LogP contribution in [0.2, 0.25) is 0 Å². The van der Waals surface area contributed by atoms with Gasteiger partial charge in [0.05, 0.1) is 11.4 Å². The molecule has 7 nitrogen and oxygen atoms in total. The first-order valence-corrected chi connectivity index (χ1v) is 11.9. The molecule has 0 radical (unpaired) electrons. The molecular formula is C22H21N5O2S3. The smallest absolute Gasteiger partial charge is 0.200 e. The minimum atomic E-state index is -0.0893. The van der Waals surface area contributed by atoms with Gasteiger partial charge in [0.2, 0.25) is 5.78 Å². The van der Waals surface area contributed by atoms with Crippen molar-refractivity contribution < 1.29 is 9.53 Å². The van der Waals surface area contributed by atoms with Crippen molar-refractivity contribution in [2.75, 3.05) is 18.1 Å². The van der Waals surface area contributed by atoms with Crippen LogP contribution >= 0.6 is 36.2 Å². The standard InChI is InChI=1S/C22H21N5O2S3/c1-13(32-2)20(28)18-10-15(9-14-5-4-8-23-19(14)18)24-12-29-17-7-3-6-16(11-17)27-21(30)25-26-22(27)31/h3,6-7,9-12,23H,1,4-5,8H2,2H3,(H,25,30)(H,26,31). The molecule has 1 aliphatic heterocycles. The topological polar surface area (TPSA) is 87.2 Å². The Kier molecular flexibility index (Phi) is 6.73. The van der Waals surface area contributed by atoms with Crippen LogP contribution in [0.1, 0.15) is 22.3 Å². The molecule has 0 bridgehead atoms. The fourth-order valence-electron chi connectivity index (χ4n) is 3.47. The van der Waals surface area contributed by atoms with Crippen LogP contribution in [0.4, 0.5) is 11.4 Å². The van der Waals surface area contributed by atoms with Gasteiger partial charge >= 0.3 is 0 Å². The van der Waals surface area contributed by atoms with Gasteiger partial charge in [-0.2, -0.15) is 0 Å². The molecule has 3 N–H and O–H groups in total. The highest BCUT2D eigenvalue weighted by molar-refractivity contribution is 8.03. The third-order valence-corrected chi connectivity index (χ3v) is 6.27. The van der Waals surface area contributed by atoms with Crippen molar-refractivity contribution in [2.45, 2.75) is 12.8 Å². The molecule has 3 aromatic rings. The molecule has 4 rings (SSSR count). The first-order valence-electron chi connectivity index (χ1n) is 9.85. The van der Waals surface area contributed by atoms with E-state index in [1.807, 2.05) is 36.6 Å². The number of carbonyl (C=O) groups excluding carboxylic acids is 1. The zero-order valence-corrected chi connectivity index (χ0v) is 19.8. The second kappa shape index (κ2) is 9.68. The SMILES string of the molecule is C=C(SC)C(=O)c1cc(N=COc2cccc(-n3c(=S)[nH][nH]c3=S)c2)cc2c1NCCC2. The highest BCUT2D eigenvalue weighted by Crippen LogP contribution is 2.33. The largest absolute Gasteiger partial charge is 0.446 e. The molecule has 0 spiro atoms. The lowest BCUT2D eigenvalue weighted by molar-refractivity contribution is 0.104. The van der Waals surface area contributed by atoms with Gasteiger partial charge in [-0.25, -0.2) is 4.99 Å². The van der Waals surface area contributed by atoms with Crippen molar-refractivity contribution in [3.63, 3.8) is 0 Å². The van der Waals surface area contributed by atoms with E-state index in [1.54, 1.807) is 10.6 Å². The summed E-state index contributed by atoms with van der Waals surface area (Å²) in [5.74, 6) is 0.490. The van der Waals surface area contributed by atoms with Crippen molar-refractivity contribution in [1.29, 1.82) is 0 Å². The summed E-state index contributed by atoms with van der Waals surface area (Å²) in [6.07, 6.45) is 5.10. The van der Waals surface area contributed by atoms with Gasteiger partial charge < -0.3 is 10.1 Å². The molecule has 32 heavy (non-hydrogen) atoms. The van der Waals surface area contributed by atoms with E-state index < -0.39 is 0 Å². The number of nitrogens with zero attached hydrogens (tertiary/aromatic N) is 2. The predicted octanol–water partition coefficient (Wildman–Crippen LogP) is 5.75. The number of rotatable bonds is 7. The number of ketones is 1. The fraction of sp³-hybridized carbons (Fsp3) is 0.182. The van der Waals surface area contributed by atoms with E-state index in [4.69, 9.17) is 29.2 Å². The second-order valence-corrected chi connectivity index (χ2v) is 8.73. The van der Waals surface area contributed by atoms with E-state index in [-0.39, 0.29) is 5.78 Å². The van der Waals surface area contributed by atoms with Crippen LogP contribution in [0.15, 0.2) is 52.9 Å². The summed E-state index contributed by atoms with van der Waals surface area (Å²) in [5, 5.41) is 8.97. The van der Waals surface area contributed by atoms with Crippen molar-refractivity contribution in [3.8, 4) is 11.4 Å². The molecule has 0 atom stereocenters. The number of hydrogen-bond acceptors (Lipinski definition) is 7. The van der Waals surface area contributed by atoms with Gasteiger partial charge in [0.1, 0.15) is 5.75 Å². The summed E-state index contributed by atoms with van der Waals surface area (Å²) >= 11 is 11.9. The fourth-order valence-corrected chi connectivity index (χ4v) is 4.32. The highest BCUT2D eigenvalue weighted by Gasteiger charge is 2.20. The number of ether oxygens (including phenoxy) is 1. The van der Waals surface area contributed by atoms with Gasteiger partial charge in [-0.1, -0.05) is 12.6 Å². The number of thioether (sulfide) groups is 1. The van der Waals surface area contributed by atoms with E-state index >= 15 is 0 Å². The Bertz CT molecular complexity index is 1310. The molecule has 0 fully saturated rings. The number of aliphatic imine (C=N–C) groups is 1. The average molecular weight is 484 g/mol. The lowest BCUT2D eigenvalue weighted by Gasteiger charge is -2.21. The molecule has 0 saturated heterocycles. The molecule has 1 aliphatic rings. The lowest BCUT2D eigenvalue weighted by atomic mass is 9.96.